The molecule has 0 spiro atoms. The van der Waals surface area contributed by atoms with Crippen LogP contribution < -0.4 is 11.5 Å². The van der Waals surface area contributed by atoms with Gasteiger partial charge in [-0.2, -0.15) is 0 Å². The van der Waals surface area contributed by atoms with Gasteiger partial charge in [0.05, 0.1) is 6.33 Å². The Bertz CT molecular complexity index is 811. The highest BCUT2D eigenvalue weighted by molar-refractivity contribution is 5.81. The van der Waals surface area contributed by atoms with Crippen molar-refractivity contribution in [2.75, 3.05) is 31.9 Å². The predicted molar refractivity (Wildman–Crippen MR) is 98.6 cm³/mol. The highest BCUT2D eigenvalue weighted by Gasteiger charge is 2.56. The zero-order valence-corrected chi connectivity index (χ0v) is 15.9. The number of anilines is 1. The van der Waals surface area contributed by atoms with Crippen LogP contribution in [0.3, 0.4) is 0 Å². The summed E-state index contributed by atoms with van der Waals surface area (Å²) < 4.78 is 20.6. The van der Waals surface area contributed by atoms with Crippen molar-refractivity contribution < 1.29 is 14.2 Å². The lowest BCUT2D eigenvalue weighted by atomic mass is 10.1. The third-order valence-corrected chi connectivity index (χ3v) is 5.12. The Hall–Kier alpha value is -1.85. The summed E-state index contributed by atoms with van der Waals surface area (Å²) in [5.74, 6) is -0.334. The molecule has 0 aliphatic carbocycles. The van der Waals surface area contributed by atoms with Crippen LogP contribution in [0.4, 0.5) is 5.82 Å². The monoisotopic (exact) mass is 377 g/mol. The van der Waals surface area contributed by atoms with E-state index in [1.54, 1.807) is 6.33 Å². The molecular weight excluding hydrogens is 350 g/mol. The van der Waals surface area contributed by atoms with Crippen LogP contribution in [0, 0.1) is 0 Å². The Morgan fingerprint density at radius 3 is 2.74 bits per heavy atom. The molecule has 4 N–H and O–H groups in total. The molecular formula is C17H27N7O3. The van der Waals surface area contributed by atoms with Crippen molar-refractivity contribution in [2.24, 2.45) is 5.73 Å². The van der Waals surface area contributed by atoms with Gasteiger partial charge in [0, 0.05) is 19.6 Å². The van der Waals surface area contributed by atoms with Gasteiger partial charge in [0.2, 0.25) is 0 Å². The molecule has 0 aromatic carbocycles. The van der Waals surface area contributed by atoms with E-state index in [-0.39, 0.29) is 18.3 Å². The Balaban J connectivity index is 1.65. The molecule has 4 atom stereocenters. The maximum Gasteiger partial charge on any atom is 0.167 e. The van der Waals surface area contributed by atoms with E-state index in [0.717, 1.165) is 13.1 Å². The molecule has 2 fully saturated rings. The molecule has 10 nitrogen and oxygen atoms in total. The summed E-state index contributed by atoms with van der Waals surface area (Å²) in [5, 5.41) is 0. The quantitative estimate of drug-likeness (QED) is 0.721. The maximum atomic E-state index is 6.38. The molecule has 4 heterocycles. The summed E-state index contributed by atoms with van der Waals surface area (Å²) in [5.41, 5.74) is 12.8. The van der Waals surface area contributed by atoms with Crippen LogP contribution in [0.1, 0.15) is 27.0 Å². The molecule has 10 heteroatoms. The SMILES string of the molecule is CCN(CCN)C[C@H]1O[C@@H](n2cnc3c(N)ncnc32)[C@@H]2OC(C)(C)O[C@@H]21. The number of aromatic nitrogens is 4. The van der Waals surface area contributed by atoms with Gasteiger partial charge in [0.25, 0.3) is 0 Å². The van der Waals surface area contributed by atoms with Gasteiger partial charge in [-0.3, -0.25) is 9.47 Å². The number of hydrogen-bond donors (Lipinski definition) is 2. The van der Waals surface area contributed by atoms with Crippen LogP contribution in [0.5, 0.6) is 0 Å². The lowest BCUT2D eigenvalue weighted by Crippen LogP contribution is -2.41. The smallest absolute Gasteiger partial charge is 0.167 e. The molecule has 0 unspecified atom stereocenters. The molecule has 4 rings (SSSR count). The first kappa shape index (κ1) is 18.5. The second-order valence-electron chi connectivity index (χ2n) is 7.39. The summed E-state index contributed by atoms with van der Waals surface area (Å²) in [6.07, 6.45) is 2.09. The summed E-state index contributed by atoms with van der Waals surface area (Å²) in [7, 11) is 0. The second-order valence-corrected chi connectivity index (χ2v) is 7.39. The Morgan fingerprint density at radius 2 is 2.00 bits per heavy atom. The average molecular weight is 377 g/mol. The molecule has 2 aromatic heterocycles. The number of nitrogens with zero attached hydrogens (tertiary/aromatic N) is 5. The minimum atomic E-state index is -0.676. The summed E-state index contributed by atoms with van der Waals surface area (Å²) in [6, 6.07) is 0. The maximum absolute atomic E-state index is 6.38. The Morgan fingerprint density at radius 1 is 1.22 bits per heavy atom. The normalized spacial score (nSPS) is 29.7. The molecule has 0 amide bonds. The van der Waals surface area contributed by atoms with Crippen molar-refractivity contribution in [1.29, 1.82) is 0 Å². The second kappa shape index (κ2) is 6.95. The van der Waals surface area contributed by atoms with E-state index < -0.39 is 12.0 Å². The molecule has 148 valence electrons. The Labute approximate surface area is 157 Å². The van der Waals surface area contributed by atoms with Crippen LogP contribution in [0.15, 0.2) is 12.7 Å². The fraction of sp³-hybridized carbons (Fsp3) is 0.706. The van der Waals surface area contributed by atoms with Gasteiger partial charge >= 0.3 is 0 Å². The average Bonchev–Trinajstić information content (AvgIpc) is 3.27. The van der Waals surface area contributed by atoms with Crippen molar-refractivity contribution in [3.63, 3.8) is 0 Å². The number of likely N-dealkylation sites (N-methyl/N-ethyl adjacent to an activating group) is 1. The van der Waals surface area contributed by atoms with E-state index in [2.05, 4.69) is 26.8 Å². The van der Waals surface area contributed by atoms with Crippen molar-refractivity contribution in [3.8, 4) is 0 Å². The van der Waals surface area contributed by atoms with E-state index in [1.165, 1.54) is 6.33 Å². The van der Waals surface area contributed by atoms with Crippen LogP contribution in [-0.4, -0.2) is 74.7 Å². The largest absolute Gasteiger partial charge is 0.382 e. The van der Waals surface area contributed by atoms with Gasteiger partial charge in [-0.05, 0) is 20.4 Å². The van der Waals surface area contributed by atoms with E-state index in [9.17, 15) is 0 Å². The molecule has 2 aromatic rings. The fourth-order valence-electron chi connectivity index (χ4n) is 3.90. The molecule has 0 radical (unpaired) electrons. The number of rotatable bonds is 6. The third-order valence-electron chi connectivity index (χ3n) is 5.12. The first-order valence-corrected chi connectivity index (χ1v) is 9.30. The van der Waals surface area contributed by atoms with Gasteiger partial charge in [-0.1, -0.05) is 6.92 Å². The number of nitrogen functional groups attached to an aromatic ring is 1. The number of imidazole rings is 1. The summed E-state index contributed by atoms with van der Waals surface area (Å²) in [4.78, 5) is 14.9. The first-order chi connectivity index (χ1) is 12.9. The van der Waals surface area contributed by atoms with Gasteiger partial charge < -0.3 is 25.7 Å². The van der Waals surface area contributed by atoms with E-state index in [1.807, 2.05) is 18.4 Å². The standard InChI is InChI=1S/C17H27N7O3/c1-4-23(6-5-18)7-10-12-13(27-17(2,3)26-12)16(25-10)24-9-22-11-14(19)20-8-21-15(11)24/h8-10,12-13,16H,4-7,18H2,1-3H3,(H2,19,20,21)/t10-,12-,13-,16-/m1/s1. The number of fused-ring (bicyclic) bond motifs is 2. The summed E-state index contributed by atoms with van der Waals surface area (Å²) in [6.45, 7) is 8.96. The minimum Gasteiger partial charge on any atom is -0.382 e. The topological polar surface area (TPSA) is 127 Å². The van der Waals surface area contributed by atoms with Gasteiger partial charge in [0.1, 0.15) is 30.2 Å². The highest BCUT2D eigenvalue weighted by Crippen LogP contribution is 2.44. The number of hydrogen-bond acceptors (Lipinski definition) is 9. The zero-order valence-electron chi connectivity index (χ0n) is 15.9. The van der Waals surface area contributed by atoms with Crippen LogP contribution in [-0.2, 0) is 14.2 Å². The minimum absolute atomic E-state index is 0.148. The number of nitrogens with two attached hydrogens (primary N) is 2. The van der Waals surface area contributed by atoms with Gasteiger partial charge in [-0.25, -0.2) is 15.0 Å². The number of ether oxygens (including phenoxy) is 3. The van der Waals surface area contributed by atoms with Gasteiger partial charge in [-0.15, -0.1) is 0 Å². The molecule has 2 aliphatic heterocycles. The van der Waals surface area contributed by atoms with E-state index in [4.69, 9.17) is 25.7 Å². The van der Waals surface area contributed by atoms with Gasteiger partial charge in [0.15, 0.2) is 23.5 Å². The van der Waals surface area contributed by atoms with E-state index in [0.29, 0.717) is 30.1 Å². The fourth-order valence-corrected chi connectivity index (χ4v) is 3.90. The van der Waals surface area contributed by atoms with Crippen LogP contribution in [0.2, 0.25) is 0 Å². The van der Waals surface area contributed by atoms with Crippen LogP contribution >= 0.6 is 0 Å². The predicted octanol–water partition coefficient (Wildman–Crippen LogP) is 0.107. The van der Waals surface area contributed by atoms with Crippen molar-refractivity contribution in [2.45, 2.75) is 51.1 Å². The third kappa shape index (κ3) is 3.27. The Kier molecular flexibility index (Phi) is 4.77. The first-order valence-electron chi connectivity index (χ1n) is 9.30. The molecule has 2 saturated heterocycles. The molecule has 2 aliphatic rings. The molecule has 0 saturated carbocycles. The molecule has 0 bridgehead atoms. The highest BCUT2D eigenvalue weighted by atomic mass is 16.8. The van der Waals surface area contributed by atoms with E-state index >= 15 is 0 Å². The van der Waals surface area contributed by atoms with Crippen molar-refractivity contribution in [1.82, 2.24) is 24.4 Å². The molecule has 27 heavy (non-hydrogen) atoms. The van der Waals surface area contributed by atoms with Crippen LogP contribution in [0.25, 0.3) is 11.2 Å². The zero-order chi connectivity index (χ0) is 19.2. The lowest BCUT2D eigenvalue weighted by Gasteiger charge is -2.28. The summed E-state index contributed by atoms with van der Waals surface area (Å²) >= 11 is 0. The lowest BCUT2D eigenvalue weighted by molar-refractivity contribution is -0.197. The van der Waals surface area contributed by atoms with Crippen molar-refractivity contribution in [3.05, 3.63) is 12.7 Å². The van der Waals surface area contributed by atoms with Crippen molar-refractivity contribution >= 4 is 17.0 Å².